The van der Waals surface area contributed by atoms with Crippen molar-refractivity contribution in [1.29, 1.82) is 0 Å². The summed E-state index contributed by atoms with van der Waals surface area (Å²) >= 11 is 1.37. The van der Waals surface area contributed by atoms with Crippen molar-refractivity contribution in [3.05, 3.63) is 27.4 Å². The fourth-order valence-electron chi connectivity index (χ4n) is 1.87. The quantitative estimate of drug-likeness (QED) is 0.685. The van der Waals surface area contributed by atoms with Crippen molar-refractivity contribution >= 4 is 30.8 Å². The first-order valence-electron chi connectivity index (χ1n) is 6.51. The standard InChI is InChI=1S/C14H19BO4S/c1-13(2)14(3,4)19-15(18-13)10(8-16)7-11-5-6-12(9-17)20-11/h5-7,9,16H,8H2,1-4H3. The minimum atomic E-state index is -0.563. The van der Waals surface area contributed by atoms with Gasteiger partial charge in [0.2, 0.25) is 0 Å². The third kappa shape index (κ3) is 2.88. The molecule has 1 aromatic heterocycles. The second-order valence-electron chi connectivity index (χ2n) is 5.82. The Labute approximate surface area is 123 Å². The van der Waals surface area contributed by atoms with Gasteiger partial charge in [-0.25, -0.2) is 0 Å². The van der Waals surface area contributed by atoms with Crippen LogP contribution in [0.15, 0.2) is 17.6 Å². The van der Waals surface area contributed by atoms with Crippen molar-refractivity contribution < 1.29 is 19.2 Å². The van der Waals surface area contributed by atoms with Crippen LogP contribution in [0.5, 0.6) is 0 Å². The molecule has 0 amide bonds. The number of aliphatic hydroxyl groups is 1. The molecule has 0 unspecified atom stereocenters. The van der Waals surface area contributed by atoms with Crippen LogP contribution in [0.25, 0.3) is 6.08 Å². The molecule has 1 aliphatic heterocycles. The van der Waals surface area contributed by atoms with E-state index in [0.717, 1.165) is 11.2 Å². The summed E-state index contributed by atoms with van der Waals surface area (Å²) in [6, 6.07) is 3.60. The maximum Gasteiger partial charge on any atom is 0.492 e. The lowest BCUT2D eigenvalue weighted by Gasteiger charge is -2.32. The van der Waals surface area contributed by atoms with Crippen LogP contribution < -0.4 is 0 Å². The number of hydrogen-bond donors (Lipinski definition) is 1. The molecule has 0 saturated carbocycles. The fourth-order valence-corrected chi connectivity index (χ4v) is 2.68. The maximum atomic E-state index is 10.7. The van der Waals surface area contributed by atoms with Crippen LogP contribution >= 0.6 is 11.3 Å². The van der Waals surface area contributed by atoms with Gasteiger partial charge in [0, 0.05) is 4.88 Å². The molecule has 0 bridgehead atoms. The summed E-state index contributed by atoms with van der Waals surface area (Å²) in [6.45, 7) is 7.73. The molecule has 6 heteroatoms. The summed E-state index contributed by atoms with van der Waals surface area (Å²) < 4.78 is 11.8. The molecule has 0 atom stereocenters. The lowest BCUT2D eigenvalue weighted by Crippen LogP contribution is -2.41. The first kappa shape index (κ1) is 15.4. The van der Waals surface area contributed by atoms with Crippen LogP contribution in [0.3, 0.4) is 0 Å². The summed E-state index contributed by atoms with van der Waals surface area (Å²) in [6.07, 6.45) is 2.63. The number of thiophene rings is 1. The SMILES string of the molecule is CC1(C)OB(C(=Cc2ccc(C=O)s2)CO)OC1(C)C. The molecule has 1 fully saturated rings. The highest BCUT2D eigenvalue weighted by molar-refractivity contribution is 7.14. The number of aliphatic hydroxyl groups excluding tert-OH is 1. The Morgan fingerprint density at radius 1 is 1.25 bits per heavy atom. The van der Waals surface area contributed by atoms with E-state index in [1.54, 1.807) is 6.07 Å². The highest BCUT2D eigenvalue weighted by Gasteiger charge is 2.52. The van der Waals surface area contributed by atoms with Crippen molar-refractivity contribution in [2.75, 3.05) is 6.61 Å². The van der Waals surface area contributed by atoms with E-state index in [1.165, 1.54) is 11.3 Å². The van der Waals surface area contributed by atoms with Gasteiger partial charge in [-0.15, -0.1) is 11.3 Å². The molecule has 2 heterocycles. The van der Waals surface area contributed by atoms with Gasteiger partial charge in [0.15, 0.2) is 6.29 Å². The zero-order valence-corrected chi connectivity index (χ0v) is 13.0. The smallest absolute Gasteiger partial charge is 0.400 e. The minimum absolute atomic E-state index is 0.148. The Kier molecular flexibility index (Phi) is 4.20. The Morgan fingerprint density at radius 2 is 1.80 bits per heavy atom. The Morgan fingerprint density at radius 3 is 2.25 bits per heavy atom. The molecule has 2 rings (SSSR count). The number of carbonyl (C=O) groups is 1. The molecule has 1 aromatic rings. The molecule has 0 aromatic carbocycles. The third-order valence-corrected chi connectivity index (χ3v) is 4.79. The molecule has 0 radical (unpaired) electrons. The predicted molar refractivity (Wildman–Crippen MR) is 80.9 cm³/mol. The van der Waals surface area contributed by atoms with E-state index in [2.05, 4.69) is 0 Å². The predicted octanol–water partition coefficient (Wildman–Crippen LogP) is 2.57. The summed E-state index contributed by atoms with van der Waals surface area (Å²) in [5.74, 6) is 0. The Balaban J connectivity index is 2.23. The van der Waals surface area contributed by atoms with Gasteiger partial charge in [0.1, 0.15) is 0 Å². The minimum Gasteiger partial charge on any atom is -0.400 e. The number of aldehydes is 1. The topological polar surface area (TPSA) is 55.8 Å². The Hall–Kier alpha value is -0.945. The summed E-state index contributed by atoms with van der Waals surface area (Å²) in [5.41, 5.74) is -0.215. The highest BCUT2D eigenvalue weighted by Crippen LogP contribution is 2.38. The van der Waals surface area contributed by atoms with Gasteiger partial charge in [-0.3, -0.25) is 4.79 Å². The van der Waals surface area contributed by atoms with Gasteiger partial charge in [0.05, 0.1) is 22.7 Å². The van der Waals surface area contributed by atoms with Crippen molar-refractivity contribution in [1.82, 2.24) is 0 Å². The maximum absolute atomic E-state index is 10.7. The van der Waals surface area contributed by atoms with Crippen molar-refractivity contribution in [2.24, 2.45) is 0 Å². The third-order valence-electron chi connectivity index (χ3n) is 3.83. The van der Waals surface area contributed by atoms with Crippen molar-refractivity contribution in [3.63, 3.8) is 0 Å². The molecule has 1 aliphatic rings. The molecular weight excluding hydrogens is 275 g/mol. The van der Waals surface area contributed by atoms with E-state index in [0.29, 0.717) is 10.3 Å². The van der Waals surface area contributed by atoms with Crippen molar-refractivity contribution in [3.8, 4) is 0 Å². The van der Waals surface area contributed by atoms with Gasteiger partial charge in [-0.2, -0.15) is 0 Å². The van der Waals surface area contributed by atoms with E-state index in [9.17, 15) is 9.90 Å². The number of hydrogen-bond acceptors (Lipinski definition) is 5. The molecule has 1 saturated heterocycles. The molecule has 1 N–H and O–H groups in total. The Bertz CT molecular complexity index is 517. The summed E-state index contributed by atoms with van der Waals surface area (Å²) in [5, 5.41) is 9.56. The van der Waals surface area contributed by atoms with Crippen molar-refractivity contribution in [2.45, 2.75) is 38.9 Å². The van der Waals surface area contributed by atoms with Crippen LogP contribution in [0.1, 0.15) is 42.2 Å². The van der Waals surface area contributed by atoms with Crippen LogP contribution in [0.4, 0.5) is 0 Å². The number of carbonyl (C=O) groups excluding carboxylic acids is 1. The highest BCUT2D eigenvalue weighted by atomic mass is 32.1. The molecule has 20 heavy (non-hydrogen) atoms. The van der Waals surface area contributed by atoms with E-state index in [-0.39, 0.29) is 6.61 Å². The summed E-state index contributed by atoms with van der Waals surface area (Å²) in [7, 11) is -0.563. The zero-order chi connectivity index (χ0) is 15.0. The molecule has 4 nitrogen and oxygen atoms in total. The first-order chi connectivity index (χ1) is 9.29. The zero-order valence-electron chi connectivity index (χ0n) is 12.2. The van der Waals surface area contributed by atoms with E-state index in [4.69, 9.17) is 9.31 Å². The molecule has 0 spiro atoms. The number of rotatable bonds is 4. The van der Waals surface area contributed by atoms with Gasteiger partial charge < -0.3 is 14.4 Å². The molecule has 0 aliphatic carbocycles. The van der Waals surface area contributed by atoms with E-state index in [1.807, 2.05) is 39.8 Å². The van der Waals surface area contributed by atoms with E-state index < -0.39 is 18.3 Å². The molecule has 108 valence electrons. The second kappa shape index (κ2) is 5.45. The van der Waals surface area contributed by atoms with Crippen LogP contribution in [0.2, 0.25) is 0 Å². The monoisotopic (exact) mass is 294 g/mol. The fraction of sp³-hybridized carbons (Fsp3) is 0.500. The van der Waals surface area contributed by atoms with E-state index >= 15 is 0 Å². The molecular formula is C14H19BO4S. The largest absolute Gasteiger partial charge is 0.492 e. The van der Waals surface area contributed by atoms with Gasteiger partial charge in [0.25, 0.3) is 0 Å². The lowest BCUT2D eigenvalue weighted by molar-refractivity contribution is 0.00578. The average molecular weight is 294 g/mol. The summed E-state index contributed by atoms with van der Waals surface area (Å²) in [4.78, 5) is 12.2. The second-order valence-corrected chi connectivity index (χ2v) is 6.97. The lowest BCUT2D eigenvalue weighted by atomic mass is 9.78. The van der Waals surface area contributed by atoms with Gasteiger partial charge >= 0.3 is 7.12 Å². The van der Waals surface area contributed by atoms with Gasteiger partial charge in [-0.1, -0.05) is 0 Å². The van der Waals surface area contributed by atoms with Crippen LogP contribution in [-0.2, 0) is 9.31 Å². The average Bonchev–Trinajstić information content (AvgIpc) is 2.89. The van der Waals surface area contributed by atoms with Gasteiger partial charge in [-0.05, 0) is 51.4 Å². The first-order valence-corrected chi connectivity index (χ1v) is 7.33. The van der Waals surface area contributed by atoms with Crippen LogP contribution in [-0.4, -0.2) is 36.3 Å². The van der Waals surface area contributed by atoms with Crippen LogP contribution in [0, 0.1) is 0 Å². The normalized spacial score (nSPS) is 21.2.